The zero-order valence-electron chi connectivity index (χ0n) is 16.6. The molecule has 1 aliphatic rings. The Kier molecular flexibility index (Phi) is 4.72. The van der Waals surface area contributed by atoms with Crippen molar-refractivity contribution in [3.05, 3.63) is 59.8 Å². The number of hydrogen-bond acceptors (Lipinski definition) is 4. The summed E-state index contributed by atoms with van der Waals surface area (Å²) in [6.45, 7) is 1.91. The number of alkyl halides is 3. The maximum atomic E-state index is 12.7. The minimum absolute atomic E-state index is 0.109. The molecule has 9 heteroatoms. The molecule has 0 radical (unpaired) electrons. The van der Waals surface area contributed by atoms with E-state index in [2.05, 4.69) is 4.74 Å². The van der Waals surface area contributed by atoms with Gasteiger partial charge in [0.15, 0.2) is 0 Å². The lowest BCUT2D eigenvalue weighted by Gasteiger charge is -2.15. The Morgan fingerprint density at radius 3 is 2.55 bits per heavy atom. The van der Waals surface area contributed by atoms with Gasteiger partial charge >= 0.3 is 18.3 Å². The molecule has 2 aromatic carbocycles. The molecule has 1 heterocycles. The van der Waals surface area contributed by atoms with Crippen LogP contribution in [0, 0.1) is 5.92 Å². The summed E-state index contributed by atoms with van der Waals surface area (Å²) in [6, 6.07) is 12.0. The number of carbonyl (C=O) groups excluding carboxylic acids is 1. The fourth-order valence-electron chi connectivity index (χ4n) is 3.98. The van der Waals surface area contributed by atoms with Gasteiger partial charge in [0.05, 0.1) is 18.5 Å². The first kappa shape index (κ1) is 20.8. The van der Waals surface area contributed by atoms with Crippen LogP contribution in [0.25, 0.3) is 16.6 Å². The van der Waals surface area contributed by atoms with Gasteiger partial charge in [0, 0.05) is 22.6 Å². The largest absolute Gasteiger partial charge is 0.573 e. The number of ether oxygens (including phenoxy) is 2. The first-order valence-corrected chi connectivity index (χ1v) is 9.37. The Bertz CT molecular complexity index is 1200. The molecule has 162 valence electrons. The predicted octanol–water partition coefficient (Wildman–Crippen LogP) is 4.68. The molecule has 1 saturated carbocycles. The molecule has 0 bridgehead atoms. The van der Waals surface area contributed by atoms with E-state index in [4.69, 9.17) is 4.74 Å². The minimum atomic E-state index is -4.87. The highest BCUT2D eigenvalue weighted by molar-refractivity contribution is 5.96. The molecule has 31 heavy (non-hydrogen) atoms. The topological polar surface area (TPSA) is 77.8 Å². The molecular formula is C22H18F3NO5. The zero-order valence-corrected chi connectivity index (χ0v) is 16.6. The summed E-state index contributed by atoms with van der Waals surface area (Å²) in [5.41, 5.74) is 0.940. The highest BCUT2D eigenvalue weighted by Crippen LogP contribution is 2.54. The van der Waals surface area contributed by atoms with Gasteiger partial charge in [-0.1, -0.05) is 19.1 Å². The molecule has 1 fully saturated rings. The van der Waals surface area contributed by atoms with E-state index in [1.165, 1.54) is 23.8 Å². The summed E-state index contributed by atoms with van der Waals surface area (Å²) >= 11 is 0. The second kappa shape index (κ2) is 7.04. The molecule has 0 spiro atoms. The van der Waals surface area contributed by atoms with Crippen molar-refractivity contribution in [1.29, 1.82) is 0 Å². The highest BCUT2D eigenvalue weighted by atomic mass is 19.4. The second-order valence-electron chi connectivity index (χ2n) is 7.69. The van der Waals surface area contributed by atoms with E-state index in [1.54, 1.807) is 18.2 Å². The molecule has 0 saturated heterocycles. The van der Waals surface area contributed by atoms with Gasteiger partial charge in [0.1, 0.15) is 11.4 Å². The molecule has 1 N–H and O–H groups in total. The Balaban J connectivity index is 1.84. The van der Waals surface area contributed by atoms with Crippen LogP contribution in [0.1, 0.15) is 29.4 Å². The third-order valence-electron chi connectivity index (χ3n) is 5.72. The Hall–Kier alpha value is -3.49. The summed E-state index contributed by atoms with van der Waals surface area (Å²) < 4.78 is 48.2. The zero-order chi connectivity index (χ0) is 22.6. The van der Waals surface area contributed by atoms with Crippen LogP contribution in [0.3, 0.4) is 0 Å². The second-order valence-corrected chi connectivity index (χ2v) is 7.69. The number of esters is 1. The number of hydrogen-bond donors (Lipinski definition) is 1. The number of nitrogens with zero attached hydrogens (tertiary/aromatic N) is 1. The van der Waals surface area contributed by atoms with Crippen LogP contribution in [-0.4, -0.2) is 35.1 Å². The molecule has 1 aliphatic carbocycles. The lowest BCUT2D eigenvalue weighted by Crippen LogP contribution is -2.17. The summed E-state index contributed by atoms with van der Waals surface area (Å²) in [7, 11) is 1.32. The van der Waals surface area contributed by atoms with Gasteiger partial charge in [0.25, 0.3) is 0 Å². The van der Waals surface area contributed by atoms with Gasteiger partial charge in [-0.05, 0) is 42.3 Å². The van der Waals surface area contributed by atoms with Crippen LogP contribution in [0.15, 0.2) is 48.5 Å². The highest BCUT2D eigenvalue weighted by Gasteiger charge is 2.56. The molecule has 0 unspecified atom stereocenters. The van der Waals surface area contributed by atoms with Crippen molar-refractivity contribution in [2.24, 2.45) is 5.92 Å². The molecule has 0 aliphatic heterocycles. The number of carbonyl (C=O) groups is 2. The van der Waals surface area contributed by atoms with Crippen molar-refractivity contribution in [2.45, 2.75) is 25.1 Å². The van der Waals surface area contributed by atoms with E-state index < -0.39 is 23.5 Å². The molecule has 1 aromatic heterocycles. The lowest BCUT2D eigenvalue weighted by molar-refractivity contribution is -0.274. The quantitative estimate of drug-likeness (QED) is 0.592. The monoisotopic (exact) mass is 433 g/mol. The minimum Gasteiger partial charge on any atom is -0.477 e. The standard InChI is InChI=1S/C22H18F3NO5/c1-21(11-16(21)20(29)30-2)13-4-3-5-14(9-13)26-17-10-15(31-22(23,24)25)7-6-12(17)8-18(26)19(27)28/h3-10,16H,11H2,1-2H3,(H,27,28)/t16-,21-/m0/s1. The number of carboxylic acid groups (broad SMARTS) is 1. The van der Waals surface area contributed by atoms with Crippen molar-refractivity contribution in [3.8, 4) is 11.4 Å². The fraction of sp³-hybridized carbons (Fsp3) is 0.273. The van der Waals surface area contributed by atoms with Crippen LogP contribution in [-0.2, 0) is 14.9 Å². The van der Waals surface area contributed by atoms with Crippen LogP contribution in [0.4, 0.5) is 13.2 Å². The normalized spacial score (nSPS) is 20.5. The van der Waals surface area contributed by atoms with Gasteiger partial charge in [0.2, 0.25) is 0 Å². The SMILES string of the molecule is COC(=O)[C@@H]1C[C@@]1(C)c1cccc(-n2c(C(=O)O)cc3ccc(OC(F)(F)F)cc32)c1. The average Bonchev–Trinajstić information content (AvgIpc) is 3.26. The van der Waals surface area contributed by atoms with Crippen molar-refractivity contribution in [3.63, 3.8) is 0 Å². The van der Waals surface area contributed by atoms with E-state index in [0.717, 1.165) is 17.7 Å². The molecular weight excluding hydrogens is 415 g/mol. The molecule has 0 amide bonds. The maximum Gasteiger partial charge on any atom is 0.573 e. The number of aromatic nitrogens is 1. The predicted molar refractivity (Wildman–Crippen MR) is 104 cm³/mol. The Labute approximate surface area is 174 Å². The Morgan fingerprint density at radius 1 is 1.16 bits per heavy atom. The summed E-state index contributed by atoms with van der Waals surface area (Å²) in [6.07, 6.45) is -4.28. The first-order valence-electron chi connectivity index (χ1n) is 9.37. The van der Waals surface area contributed by atoms with E-state index in [0.29, 0.717) is 17.5 Å². The Morgan fingerprint density at radius 2 is 1.90 bits per heavy atom. The summed E-state index contributed by atoms with van der Waals surface area (Å²) in [5.74, 6) is -2.31. The van der Waals surface area contributed by atoms with Gasteiger partial charge in [-0.25, -0.2) is 4.79 Å². The number of benzene rings is 2. The molecule has 4 rings (SSSR count). The third kappa shape index (κ3) is 3.71. The number of halogens is 3. The van der Waals surface area contributed by atoms with E-state index in [9.17, 15) is 27.9 Å². The van der Waals surface area contributed by atoms with E-state index >= 15 is 0 Å². The van der Waals surface area contributed by atoms with Gasteiger partial charge in [-0.3, -0.25) is 4.79 Å². The van der Waals surface area contributed by atoms with Crippen molar-refractivity contribution < 1.29 is 37.3 Å². The number of methoxy groups -OCH3 is 1. The van der Waals surface area contributed by atoms with Gasteiger partial charge < -0.3 is 19.1 Å². The number of fused-ring (bicyclic) bond motifs is 1. The number of aromatic carboxylic acids is 1. The van der Waals surface area contributed by atoms with Crippen molar-refractivity contribution in [1.82, 2.24) is 4.57 Å². The van der Waals surface area contributed by atoms with Crippen LogP contribution in [0.2, 0.25) is 0 Å². The fourth-order valence-corrected chi connectivity index (χ4v) is 3.98. The summed E-state index contributed by atoms with van der Waals surface area (Å²) in [5, 5.41) is 10.1. The van der Waals surface area contributed by atoms with E-state index in [1.807, 2.05) is 13.0 Å². The van der Waals surface area contributed by atoms with Crippen LogP contribution in [0.5, 0.6) is 5.75 Å². The first-order chi connectivity index (χ1) is 14.5. The van der Waals surface area contributed by atoms with Crippen LogP contribution >= 0.6 is 0 Å². The maximum absolute atomic E-state index is 12.7. The van der Waals surface area contributed by atoms with Gasteiger partial charge in [-0.2, -0.15) is 0 Å². The smallest absolute Gasteiger partial charge is 0.477 e. The number of rotatable bonds is 5. The van der Waals surface area contributed by atoms with Crippen LogP contribution < -0.4 is 4.74 Å². The van der Waals surface area contributed by atoms with Gasteiger partial charge in [-0.15, -0.1) is 13.2 Å². The summed E-state index contributed by atoms with van der Waals surface area (Å²) in [4.78, 5) is 23.8. The third-order valence-corrected chi connectivity index (χ3v) is 5.72. The number of carboxylic acids is 1. The molecule has 2 atom stereocenters. The lowest BCUT2D eigenvalue weighted by atomic mass is 9.95. The van der Waals surface area contributed by atoms with Crippen molar-refractivity contribution in [2.75, 3.05) is 7.11 Å². The van der Waals surface area contributed by atoms with E-state index in [-0.39, 0.29) is 23.1 Å². The van der Waals surface area contributed by atoms with Crippen molar-refractivity contribution >= 4 is 22.8 Å². The molecule has 3 aromatic rings. The molecule has 6 nitrogen and oxygen atoms in total. The average molecular weight is 433 g/mol.